The van der Waals surface area contributed by atoms with Crippen LogP contribution < -0.4 is 10.6 Å². The topological polar surface area (TPSA) is 179 Å². The Morgan fingerprint density at radius 2 is 1.85 bits per heavy atom. The van der Waals surface area contributed by atoms with Crippen LogP contribution in [0.2, 0.25) is 0 Å². The monoisotopic (exact) mass is 540 g/mol. The first-order chi connectivity index (χ1) is 18.4. The summed E-state index contributed by atoms with van der Waals surface area (Å²) in [5.74, 6) is -3.95. The van der Waals surface area contributed by atoms with Gasteiger partial charge in [-0.25, -0.2) is 5.01 Å². The smallest absolute Gasteiger partial charge is 0.325 e. The third-order valence-electron chi connectivity index (χ3n) is 6.14. The number of carbonyl (C=O) groups is 6. The summed E-state index contributed by atoms with van der Waals surface area (Å²) in [5, 5.41) is 7.35. The van der Waals surface area contributed by atoms with Crippen molar-refractivity contribution in [2.24, 2.45) is 0 Å². The van der Waals surface area contributed by atoms with E-state index in [9.17, 15) is 28.8 Å². The summed E-state index contributed by atoms with van der Waals surface area (Å²) < 4.78 is 5.24. The summed E-state index contributed by atoms with van der Waals surface area (Å²) in [7, 11) is 0. The predicted octanol–water partition coefficient (Wildman–Crippen LogP) is 0.400. The van der Waals surface area contributed by atoms with E-state index in [1.165, 1.54) is 5.01 Å². The van der Waals surface area contributed by atoms with E-state index in [0.29, 0.717) is 18.2 Å². The number of amides is 4. The molecule has 2 saturated heterocycles. The van der Waals surface area contributed by atoms with Gasteiger partial charge in [-0.05, 0) is 52.2 Å². The molecule has 2 aliphatic heterocycles. The van der Waals surface area contributed by atoms with Crippen LogP contribution in [0.25, 0.3) is 5.53 Å². The van der Waals surface area contributed by atoms with Crippen molar-refractivity contribution in [3.05, 3.63) is 41.4 Å². The van der Waals surface area contributed by atoms with Gasteiger partial charge in [0.1, 0.15) is 23.7 Å². The SMILES string of the molecule is CC(C)(C)OC(=O)CC(NC(=O)C1CCCN2C(=O)CCC(NC(=O)c3ccccc3)C(=O)N12)C(=O)C=[N+]=[N-]. The molecule has 2 N–H and O–H groups in total. The minimum Gasteiger partial charge on any atom is -0.460 e. The van der Waals surface area contributed by atoms with E-state index in [1.54, 1.807) is 51.1 Å². The summed E-state index contributed by atoms with van der Waals surface area (Å²) in [6.45, 7) is 5.12. The molecule has 4 amide bonds. The van der Waals surface area contributed by atoms with E-state index < -0.39 is 59.6 Å². The number of ether oxygens (including phenoxy) is 1. The first kappa shape index (κ1) is 29.2. The molecule has 2 aliphatic rings. The molecule has 0 aliphatic carbocycles. The molecule has 2 fully saturated rings. The Bertz CT molecular complexity index is 1190. The van der Waals surface area contributed by atoms with Gasteiger partial charge in [0.05, 0.1) is 6.42 Å². The fourth-order valence-electron chi connectivity index (χ4n) is 4.42. The average molecular weight is 541 g/mol. The van der Waals surface area contributed by atoms with Crippen molar-refractivity contribution in [3.63, 3.8) is 0 Å². The summed E-state index contributed by atoms with van der Waals surface area (Å²) in [6.07, 6.45) is 0.595. The zero-order chi connectivity index (χ0) is 28.7. The van der Waals surface area contributed by atoms with Gasteiger partial charge in [-0.15, -0.1) is 0 Å². The Morgan fingerprint density at radius 1 is 1.15 bits per heavy atom. The molecule has 1 aromatic rings. The molecule has 13 heteroatoms. The largest absolute Gasteiger partial charge is 0.460 e. The number of carbonyl (C=O) groups excluding carboxylic acids is 6. The Balaban J connectivity index is 1.82. The van der Waals surface area contributed by atoms with Crippen molar-refractivity contribution in [1.82, 2.24) is 20.7 Å². The van der Waals surface area contributed by atoms with Gasteiger partial charge in [0.15, 0.2) is 0 Å². The molecule has 0 aromatic heterocycles. The van der Waals surface area contributed by atoms with Gasteiger partial charge >= 0.3 is 12.2 Å². The number of hydrogen-bond acceptors (Lipinski definition) is 7. The lowest BCUT2D eigenvalue weighted by atomic mass is 10.0. The number of ketones is 1. The molecule has 3 unspecified atom stereocenters. The van der Waals surface area contributed by atoms with Gasteiger partial charge in [-0.3, -0.25) is 33.8 Å². The van der Waals surface area contributed by atoms with Crippen molar-refractivity contribution >= 4 is 41.6 Å². The number of Topliss-reactive ketones (excluding diaryl/α,β-unsaturated/α-hetero) is 1. The molecule has 208 valence electrons. The Morgan fingerprint density at radius 3 is 2.49 bits per heavy atom. The first-order valence-electron chi connectivity index (χ1n) is 12.6. The third kappa shape index (κ3) is 7.57. The van der Waals surface area contributed by atoms with Crippen LogP contribution in [0, 0.1) is 0 Å². The lowest BCUT2D eigenvalue weighted by Crippen LogP contribution is -2.64. The number of nitrogens with zero attached hydrogens (tertiary/aromatic N) is 4. The lowest BCUT2D eigenvalue weighted by Gasteiger charge is -2.43. The van der Waals surface area contributed by atoms with E-state index >= 15 is 0 Å². The van der Waals surface area contributed by atoms with Crippen molar-refractivity contribution in [1.29, 1.82) is 0 Å². The predicted molar refractivity (Wildman–Crippen MR) is 136 cm³/mol. The Hall–Kier alpha value is -4.38. The van der Waals surface area contributed by atoms with Crippen LogP contribution >= 0.6 is 0 Å². The molecule has 13 nitrogen and oxygen atoms in total. The summed E-state index contributed by atoms with van der Waals surface area (Å²) in [4.78, 5) is 80.2. The zero-order valence-electron chi connectivity index (χ0n) is 22.1. The normalized spacial score (nSPS) is 20.1. The van der Waals surface area contributed by atoms with Gasteiger partial charge in [-0.1, -0.05) is 18.2 Å². The maximum absolute atomic E-state index is 13.6. The molecule has 0 bridgehead atoms. The van der Waals surface area contributed by atoms with E-state index in [2.05, 4.69) is 15.4 Å². The van der Waals surface area contributed by atoms with Gasteiger partial charge in [0.2, 0.25) is 11.8 Å². The second kappa shape index (κ2) is 12.4. The van der Waals surface area contributed by atoms with Crippen LogP contribution in [-0.2, 0) is 28.7 Å². The molecule has 3 rings (SSSR count). The maximum atomic E-state index is 13.6. The van der Waals surface area contributed by atoms with E-state index in [0.717, 1.165) is 5.01 Å². The van der Waals surface area contributed by atoms with Gasteiger partial charge in [0.25, 0.3) is 17.6 Å². The number of esters is 1. The molecule has 2 heterocycles. The minimum atomic E-state index is -1.44. The van der Waals surface area contributed by atoms with Crippen molar-refractivity contribution in [3.8, 4) is 0 Å². The fraction of sp³-hybridized carbons (Fsp3) is 0.500. The van der Waals surface area contributed by atoms with E-state index in [-0.39, 0.29) is 31.7 Å². The van der Waals surface area contributed by atoms with Crippen molar-refractivity contribution in [2.45, 2.75) is 76.6 Å². The van der Waals surface area contributed by atoms with Crippen LogP contribution in [0.5, 0.6) is 0 Å². The second-order valence-corrected chi connectivity index (χ2v) is 10.3. The molecule has 0 saturated carbocycles. The molecule has 39 heavy (non-hydrogen) atoms. The maximum Gasteiger partial charge on any atom is 0.325 e. The van der Waals surface area contributed by atoms with Crippen LogP contribution in [0.3, 0.4) is 0 Å². The van der Waals surface area contributed by atoms with Gasteiger partial charge < -0.3 is 20.9 Å². The summed E-state index contributed by atoms with van der Waals surface area (Å²) in [5.41, 5.74) is 8.30. The fourth-order valence-corrected chi connectivity index (χ4v) is 4.42. The molecule has 0 radical (unpaired) electrons. The molecular weight excluding hydrogens is 508 g/mol. The van der Waals surface area contributed by atoms with Gasteiger partial charge in [0, 0.05) is 18.5 Å². The summed E-state index contributed by atoms with van der Waals surface area (Å²) in [6, 6.07) is 4.57. The van der Waals surface area contributed by atoms with Gasteiger partial charge in [-0.2, -0.15) is 4.79 Å². The molecule has 1 aromatic carbocycles. The number of hydrazine groups is 1. The Kier molecular flexibility index (Phi) is 9.31. The number of benzene rings is 1. The third-order valence-corrected chi connectivity index (χ3v) is 6.14. The number of fused-ring (bicyclic) bond motifs is 1. The van der Waals surface area contributed by atoms with E-state index in [1.807, 2.05) is 0 Å². The quantitative estimate of drug-likeness (QED) is 0.207. The lowest BCUT2D eigenvalue weighted by molar-refractivity contribution is -0.176. The average Bonchev–Trinajstić information content (AvgIpc) is 2.99. The van der Waals surface area contributed by atoms with Crippen LogP contribution in [-0.4, -0.2) is 86.7 Å². The number of nitrogens with one attached hydrogen (secondary N) is 2. The first-order valence-corrected chi connectivity index (χ1v) is 12.6. The Labute approximate surface area is 225 Å². The van der Waals surface area contributed by atoms with Crippen LogP contribution in [0.1, 0.15) is 63.2 Å². The number of rotatable bonds is 8. The second-order valence-electron chi connectivity index (χ2n) is 10.3. The highest BCUT2D eigenvalue weighted by molar-refractivity contribution is 6.28. The molecule has 0 spiro atoms. The number of hydrogen-bond donors (Lipinski definition) is 2. The molecule has 3 atom stereocenters. The van der Waals surface area contributed by atoms with Crippen molar-refractivity contribution < 1.29 is 38.3 Å². The zero-order valence-corrected chi connectivity index (χ0v) is 22.1. The highest BCUT2D eigenvalue weighted by Crippen LogP contribution is 2.25. The molecular formula is C26H32N6O7. The highest BCUT2D eigenvalue weighted by Gasteiger charge is 2.45. The summed E-state index contributed by atoms with van der Waals surface area (Å²) >= 11 is 0. The minimum absolute atomic E-state index is 0.0248. The van der Waals surface area contributed by atoms with Crippen LogP contribution in [0.4, 0.5) is 0 Å². The van der Waals surface area contributed by atoms with Crippen LogP contribution in [0.15, 0.2) is 30.3 Å². The highest BCUT2D eigenvalue weighted by atomic mass is 16.6. The standard InChI is InChI=1S/C26H32N6O7/c1-26(2,3)39-22(35)14-18(20(33)15-28-27)30-24(37)19-10-7-13-31-21(34)12-11-17(25(38)32(19)31)29-23(36)16-8-5-4-6-9-16/h4-6,8-9,15,17-19H,7,10-14H2,1-3H3,(H,29,36)(H,30,37). The van der Waals surface area contributed by atoms with E-state index in [4.69, 9.17) is 10.3 Å². The van der Waals surface area contributed by atoms with Crippen molar-refractivity contribution in [2.75, 3.05) is 6.54 Å².